The highest BCUT2D eigenvalue weighted by atomic mass is 16.4. The van der Waals surface area contributed by atoms with Crippen LogP contribution in [0.3, 0.4) is 0 Å². The monoisotopic (exact) mass is 251 g/mol. The molecule has 0 saturated carbocycles. The maximum atomic E-state index is 11.7. The molecule has 0 aromatic heterocycles. The Labute approximate surface area is 108 Å². The molecule has 0 radical (unpaired) electrons. The zero-order valence-corrected chi connectivity index (χ0v) is 11.3. The van der Waals surface area contributed by atoms with E-state index < -0.39 is 12.0 Å². The number of hydrogen-bond acceptors (Lipinski definition) is 2. The fourth-order valence-electron chi connectivity index (χ4n) is 1.33. The number of carboxylic acid groups (broad SMARTS) is 1. The van der Waals surface area contributed by atoms with Crippen molar-refractivity contribution < 1.29 is 14.7 Å². The lowest BCUT2D eigenvalue weighted by molar-refractivity contribution is -0.140. The van der Waals surface area contributed by atoms with Crippen molar-refractivity contribution in [2.24, 2.45) is 5.92 Å². The number of carboxylic acids is 1. The van der Waals surface area contributed by atoms with E-state index in [2.05, 4.69) is 5.32 Å². The third kappa shape index (κ3) is 4.99. The molecular formula is C14H21NO3. The molecule has 1 aromatic carbocycles. The maximum absolute atomic E-state index is 11.7. The van der Waals surface area contributed by atoms with Gasteiger partial charge in [-0.2, -0.15) is 0 Å². The van der Waals surface area contributed by atoms with Crippen LogP contribution in [0, 0.1) is 5.92 Å². The molecule has 1 atom stereocenters. The highest BCUT2D eigenvalue weighted by Crippen LogP contribution is 2.04. The predicted molar refractivity (Wildman–Crippen MR) is 71.5 cm³/mol. The van der Waals surface area contributed by atoms with Gasteiger partial charge in [-0.1, -0.05) is 45.9 Å². The molecule has 0 aliphatic heterocycles. The topological polar surface area (TPSA) is 66.4 Å². The number of benzene rings is 1. The third-order valence-electron chi connectivity index (χ3n) is 2.26. The highest BCUT2D eigenvalue weighted by molar-refractivity contribution is 5.96. The van der Waals surface area contributed by atoms with Gasteiger partial charge in [-0.15, -0.1) is 0 Å². The van der Waals surface area contributed by atoms with E-state index in [0.717, 1.165) is 0 Å². The van der Waals surface area contributed by atoms with Gasteiger partial charge in [0.05, 0.1) is 0 Å². The van der Waals surface area contributed by atoms with Crippen LogP contribution in [0.25, 0.3) is 0 Å². The second-order valence-electron chi connectivity index (χ2n) is 3.90. The molecule has 100 valence electrons. The van der Waals surface area contributed by atoms with E-state index in [4.69, 9.17) is 5.11 Å². The van der Waals surface area contributed by atoms with Gasteiger partial charge in [-0.25, -0.2) is 4.79 Å². The standard InChI is InChI=1S/C12H15NO3.C2H6/c1-8(2)10(12(15)16)13-11(14)9-6-4-3-5-7-9;1-2/h3-8,10H,1-2H3,(H,13,14)(H,15,16);1-2H3. The first-order valence-electron chi connectivity index (χ1n) is 6.11. The first kappa shape index (κ1) is 16.2. The fourth-order valence-corrected chi connectivity index (χ4v) is 1.33. The summed E-state index contributed by atoms with van der Waals surface area (Å²) >= 11 is 0. The van der Waals surface area contributed by atoms with Crippen LogP contribution in [0.4, 0.5) is 0 Å². The Hall–Kier alpha value is -1.84. The minimum atomic E-state index is -1.01. The molecule has 0 fully saturated rings. The van der Waals surface area contributed by atoms with Gasteiger partial charge in [0.25, 0.3) is 5.91 Å². The Kier molecular flexibility index (Phi) is 7.43. The normalized spacial score (nSPS) is 11.2. The Morgan fingerprint density at radius 3 is 2.00 bits per heavy atom. The molecule has 0 aliphatic rings. The molecule has 0 heterocycles. The van der Waals surface area contributed by atoms with Crippen molar-refractivity contribution in [1.29, 1.82) is 0 Å². The number of rotatable bonds is 4. The van der Waals surface area contributed by atoms with E-state index in [1.54, 1.807) is 44.2 Å². The second-order valence-corrected chi connectivity index (χ2v) is 3.90. The van der Waals surface area contributed by atoms with E-state index in [-0.39, 0.29) is 11.8 Å². The Morgan fingerprint density at radius 2 is 1.61 bits per heavy atom. The molecule has 1 aromatic rings. The summed E-state index contributed by atoms with van der Waals surface area (Å²) in [4.78, 5) is 22.6. The van der Waals surface area contributed by atoms with Crippen LogP contribution >= 0.6 is 0 Å². The van der Waals surface area contributed by atoms with Crippen LogP contribution in [0.2, 0.25) is 0 Å². The van der Waals surface area contributed by atoms with E-state index in [1.165, 1.54) is 0 Å². The van der Waals surface area contributed by atoms with Crippen molar-refractivity contribution in [2.45, 2.75) is 33.7 Å². The predicted octanol–water partition coefficient (Wildman–Crippen LogP) is 2.55. The number of hydrogen-bond donors (Lipinski definition) is 2. The number of amides is 1. The summed E-state index contributed by atoms with van der Waals surface area (Å²) < 4.78 is 0. The highest BCUT2D eigenvalue weighted by Gasteiger charge is 2.23. The first-order chi connectivity index (χ1) is 8.52. The van der Waals surface area contributed by atoms with Gasteiger partial charge in [0.2, 0.25) is 0 Å². The van der Waals surface area contributed by atoms with E-state index >= 15 is 0 Å². The van der Waals surface area contributed by atoms with Gasteiger partial charge >= 0.3 is 5.97 Å². The summed E-state index contributed by atoms with van der Waals surface area (Å²) in [5, 5.41) is 11.4. The van der Waals surface area contributed by atoms with Crippen molar-refractivity contribution in [3.8, 4) is 0 Å². The molecule has 0 saturated heterocycles. The van der Waals surface area contributed by atoms with E-state index in [0.29, 0.717) is 5.56 Å². The Bertz CT molecular complexity index is 374. The fraction of sp³-hybridized carbons (Fsp3) is 0.429. The summed E-state index contributed by atoms with van der Waals surface area (Å²) in [5.74, 6) is -1.52. The average molecular weight is 251 g/mol. The zero-order chi connectivity index (χ0) is 14.1. The molecule has 1 unspecified atom stereocenters. The van der Waals surface area contributed by atoms with E-state index in [9.17, 15) is 9.59 Å². The lowest BCUT2D eigenvalue weighted by Crippen LogP contribution is -2.44. The maximum Gasteiger partial charge on any atom is 0.326 e. The minimum absolute atomic E-state index is 0.148. The molecular weight excluding hydrogens is 230 g/mol. The summed E-state index contributed by atoms with van der Waals surface area (Å²) in [6.07, 6.45) is 0. The first-order valence-corrected chi connectivity index (χ1v) is 6.11. The van der Waals surface area contributed by atoms with Crippen LogP contribution in [0.15, 0.2) is 30.3 Å². The Balaban J connectivity index is 0.00000137. The Morgan fingerprint density at radius 1 is 1.11 bits per heavy atom. The molecule has 4 nitrogen and oxygen atoms in total. The third-order valence-corrected chi connectivity index (χ3v) is 2.26. The van der Waals surface area contributed by atoms with Gasteiger partial charge in [-0.3, -0.25) is 4.79 Å². The molecule has 0 bridgehead atoms. The van der Waals surface area contributed by atoms with Crippen LogP contribution in [0.5, 0.6) is 0 Å². The molecule has 1 amide bonds. The van der Waals surface area contributed by atoms with Crippen molar-refractivity contribution in [1.82, 2.24) is 5.32 Å². The van der Waals surface area contributed by atoms with Gasteiger partial charge < -0.3 is 10.4 Å². The SMILES string of the molecule is CC.CC(C)C(NC(=O)c1ccccc1)C(=O)O. The van der Waals surface area contributed by atoms with Crippen LogP contribution < -0.4 is 5.32 Å². The van der Waals surface area contributed by atoms with Crippen LogP contribution in [0.1, 0.15) is 38.1 Å². The number of carbonyl (C=O) groups excluding carboxylic acids is 1. The van der Waals surface area contributed by atoms with Crippen molar-refractivity contribution >= 4 is 11.9 Å². The number of aliphatic carboxylic acids is 1. The summed E-state index contributed by atoms with van der Waals surface area (Å²) in [6.45, 7) is 7.51. The summed E-state index contributed by atoms with van der Waals surface area (Å²) in [7, 11) is 0. The number of nitrogens with one attached hydrogen (secondary N) is 1. The quantitative estimate of drug-likeness (QED) is 0.864. The lowest BCUT2D eigenvalue weighted by atomic mass is 10.0. The smallest absolute Gasteiger partial charge is 0.326 e. The lowest BCUT2D eigenvalue weighted by Gasteiger charge is -2.17. The average Bonchev–Trinajstić information content (AvgIpc) is 2.38. The molecule has 2 N–H and O–H groups in total. The zero-order valence-electron chi connectivity index (χ0n) is 11.3. The van der Waals surface area contributed by atoms with Gasteiger partial charge in [-0.05, 0) is 18.1 Å². The van der Waals surface area contributed by atoms with Crippen molar-refractivity contribution in [3.05, 3.63) is 35.9 Å². The molecule has 1 rings (SSSR count). The van der Waals surface area contributed by atoms with Crippen molar-refractivity contribution in [3.63, 3.8) is 0 Å². The molecule has 0 aliphatic carbocycles. The number of carbonyl (C=O) groups is 2. The summed E-state index contributed by atoms with van der Waals surface area (Å²) in [5.41, 5.74) is 0.467. The minimum Gasteiger partial charge on any atom is -0.480 e. The molecule has 0 spiro atoms. The largest absolute Gasteiger partial charge is 0.480 e. The van der Waals surface area contributed by atoms with Gasteiger partial charge in [0.1, 0.15) is 6.04 Å². The van der Waals surface area contributed by atoms with Crippen LogP contribution in [-0.4, -0.2) is 23.0 Å². The summed E-state index contributed by atoms with van der Waals surface area (Å²) in [6, 6.07) is 7.71. The second kappa shape index (κ2) is 8.28. The van der Waals surface area contributed by atoms with E-state index in [1.807, 2.05) is 13.8 Å². The van der Waals surface area contributed by atoms with Crippen LogP contribution in [-0.2, 0) is 4.79 Å². The van der Waals surface area contributed by atoms with Gasteiger partial charge in [0.15, 0.2) is 0 Å². The molecule has 4 heteroatoms. The van der Waals surface area contributed by atoms with Gasteiger partial charge in [0, 0.05) is 5.56 Å². The van der Waals surface area contributed by atoms with Crippen molar-refractivity contribution in [2.75, 3.05) is 0 Å². The molecule has 18 heavy (non-hydrogen) atoms.